The first kappa shape index (κ1) is 23.5. The molecule has 0 unspecified atom stereocenters. The van der Waals surface area contributed by atoms with Crippen LogP contribution in [0.1, 0.15) is 15.9 Å². The lowest BCUT2D eigenvalue weighted by Gasteiger charge is -2.12. The van der Waals surface area contributed by atoms with Crippen LogP contribution in [0.5, 0.6) is 0 Å². The minimum Gasteiger partial charge on any atom is -0.309 e. The Bertz CT molecular complexity index is 1570. The molecule has 0 spiro atoms. The van der Waals surface area contributed by atoms with Crippen molar-refractivity contribution in [2.45, 2.75) is 6.18 Å². The van der Waals surface area contributed by atoms with Crippen LogP contribution in [-0.4, -0.2) is 17.9 Å². The fourth-order valence-corrected chi connectivity index (χ4v) is 5.36. The van der Waals surface area contributed by atoms with Crippen molar-refractivity contribution in [3.05, 3.63) is 114 Å². The zero-order chi connectivity index (χ0) is 25.3. The van der Waals surface area contributed by atoms with Gasteiger partial charge in [-0.05, 0) is 21.9 Å². The number of nitrogens with one attached hydrogen (secondary N) is 1. The van der Waals surface area contributed by atoms with E-state index in [0.717, 1.165) is 22.3 Å². The SMILES string of the molecule is O=C(c1c(NC(=O)C(F)(F)F)sc(-c2ccccc2)c1-c1ccccc1)c1cccc2ccccc12. The first-order chi connectivity index (χ1) is 17.3. The first-order valence-electron chi connectivity index (χ1n) is 11.0. The highest BCUT2D eigenvalue weighted by atomic mass is 32.1. The summed E-state index contributed by atoms with van der Waals surface area (Å²) in [5.74, 6) is -2.60. The zero-order valence-corrected chi connectivity index (χ0v) is 19.5. The van der Waals surface area contributed by atoms with Gasteiger partial charge in [0.2, 0.25) is 0 Å². The average Bonchev–Trinajstić information content (AvgIpc) is 3.27. The molecule has 5 aromatic rings. The summed E-state index contributed by atoms with van der Waals surface area (Å²) >= 11 is 0.954. The Labute approximate surface area is 208 Å². The summed E-state index contributed by atoms with van der Waals surface area (Å²) in [5.41, 5.74) is 2.22. The number of anilines is 1. The van der Waals surface area contributed by atoms with E-state index in [4.69, 9.17) is 0 Å². The molecule has 1 aromatic heterocycles. The Hall–Kier alpha value is -4.23. The number of halogens is 3. The molecule has 178 valence electrons. The third kappa shape index (κ3) is 4.41. The molecule has 4 aromatic carbocycles. The Morgan fingerprint density at radius 1 is 0.694 bits per heavy atom. The van der Waals surface area contributed by atoms with Crippen molar-refractivity contribution in [3.8, 4) is 21.6 Å². The maximum Gasteiger partial charge on any atom is 0.471 e. The third-order valence-electron chi connectivity index (χ3n) is 5.75. The average molecular weight is 502 g/mol. The summed E-state index contributed by atoms with van der Waals surface area (Å²) < 4.78 is 39.8. The van der Waals surface area contributed by atoms with Crippen LogP contribution in [0.2, 0.25) is 0 Å². The van der Waals surface area contributed by atoms with E-state index in [1.807, 2.05) is 59.9 Å². The van der Waals surface area contributed by atoms with Crippen molar-refractivity contribution < 1.29 is 22.8 Å². The predicted octanol–water partition coefficient (Wildman–Crippen LogP) is 7.97. The molecular formula is C29H18F3NO2S. The van der Waals surface area contributed by atoms with Gasteiger partial charge in [0.1, 0.15) is 5.00 Å². The van der Waals surface area contributed by atoms with Gasteiger partial charge in [-0.3, -0.25) is 9.59 Å². The molecule has 36 heavy (non-hydrogen) atoms. The number of alkyl halides is 3. The molecule has 0 aliphatic heterocycles. The fourth-order valence-electron chi connectivity index (χ4n) is 4.14. The molecule has 0 saturated heterocycles. The molecule has 1 amide bonds. The Morgan fingerprint density at radius 3 is 1.94 bits per heavy atom. The lowest BCUT2D eigenvalue weighted by molar-refractivity contribution is -0.167. The molecule has 0 bridgehead atoms. The highest BCUT2D eigenvalue weighted by molar-refractivity contribution is 7.20. The second kappa shape index (κ2) is 9.43. The number of carbonyl (C=O) groups excluding carboxylic acids is 2. The normalized spacial score (nSPS) is 11.4. The van der Waals surface area contributed by atoms with Gasteiger partial charge in [-0.2, -0.15) is 13.2 Å². The van der Waals surface area contributed by atoms with Crippen LogP contribution in [0, 0.1) is 0 Å². The predicted molar refractivity (Wildman–Crippen MR) is 137 cm³/mol. The highest BCUT2D eigenvalue weighted by Crippen LogP contribution is 2.47. The maximum atomic E-state index is 14.1. The number of hydrogen-bond acceptors (Lipinski definition) is 3. The number of ketones is 1. The van der Waals surface area contributed by atoms with Crippen molar-refractivity contribution in [1.29, 1.82) is 0 Å². The van der Waals surface area contributed by atoms with E-state index in [0.29, 0.717) is 27.0 Å². The molecule has 0 saturated carbocycles. The standard InChI is InChI=1S/C29H18F3NO2S/c30-29(31,32)28(35)33-27-24(25(34)22-17-9-15-18-10-7-8-16-21(18)22)23(19-11-3-1-4-12-19)26(36-27)20-13-5-2-6-14-20/h1-17H,(H,33,35). The molecule has 7 heteroatoms. The van der Waals surface area contributed by atoms with Crippen LogP contribution in [0.3, 0.4) is 0 Å². The van der Waals surface area contributed by atoms with Crippen molar-refractivity contribution >= 4 is 38.8 Å². The molecule has 1 heterocycles. The summed E-state index contributed by atoms with van der Waals surface area (Å²) in [7, 11) is 0. The van der Waals surface area contributed by atoms with Gasteiger partial charge in [-0.1, -0.05) is 103 Å². The first-order valence-corrected chi connectivity index (χ1v) is 11.8. The smallest absolute Gasteiger partial charge is 0.309 e. The number of carbonyl (C=O) groups is 2. The quantitative estimate of drug-likeness (QED) is 0.248. The number of hydrogen-bond donors (Lipinski definition) is 1. The zero-order valence-electron chi connectivity index (χ0n) is 18.7. The van der Waals surface area contributed by atoms with E-state index in [9.17, 15) is 22.8 Å². The number of rotatable bonds is 5. The van der Waals surface area contributed by atoms with Gasteiger partial charge in [0.05, 0.1) is 5.56 Å². The lowest BCUT2D eigenvalue weighted by atomic mass is 9.91. The molecule has 0 radical (unpaired) electrons. The Kier molecular flexibility index (Phi) is 6.16. The summed E-state index contributed by atoms with van der Waals surface area (Å²) in [5, 5.41) is 3.33. The summed E-state index contributed by atoms with van der Waals surface area (Å²) in [6.45, 7) is 0. The van der Waals surface area contributed by atoms with E-state index >= 15 is 0 Å². The lowest BCUT2D eigenvalue weighted by Crippen LogP contribution is -2.30. The van der Waals surface area contributed by atoms with E-state index in [1.165, 1.54) is 0 Å². The summed E-state index contributed by atoms with van der Waals surface area (Å²) in [4.78, 5) is 26.7. The van der Waals surface area contributed by atoms with Crippen molar-refractivity contribution in [1.82, 2.24) is 0 Å². The Morgan fingerprint density at radius 2 is 1.28 bits per heavy atom. The van der Waals surface area contributed by atoms with E-state index in [2.05, 4.69) is 0 Å². The van der Waals surface area contributed by atoms with Crippen LogP contribution in [0.15, 0.2) is 103 Å². The van der Waals surface area contributed by atoms with Gasteiger partial charge < -0.3 is 5.32 Å². The molecule has 0 atom stereocenters. The van der Waals surface area contributed by atoms with Crippen LogP contribution in [0.25, 0.3) is 32.3 Å². The minimum absolute atomic E-state index is 0.0269. The molecule has 0 aliphatic rings. The van der Waals surface area contributed by atoms with Gasteiger partial charge in [-0.15, -0.1) is 11.3 Å². The minimum atomic E-state index is -5.11. The molecule has 1 N–H and O–H groups in total. The van der Waals surface area contributed by atoms with Gasteiger partial charge in [-0.25, -0.2) is 0 Å². The van der Waals surface area contributed by atoms with Gasteiger partial charge >= 0.3 is 12.1 Å². The van der Waals surface area contributed by atoms with Crippen molar-refractivity contribution in [2.24, 2.45) is 0 Å². The maximum absolute atomic E-state index is 14.1. The number of amides is 1. The number of benzene rings is 4. The van der Waals surface area contributed by atoms with Crippen molar-refractivity contribution in [3.63, 3.8) is 0 Å². The van der Waals surface area contributed by atoms with Crippen molar-refractivity contribution in [2.75, 3.05) is 5.32 Å². The molecule has 3 nitrogen and oxygen atoms in total. The largest absolute Gasteiger partial charge is 0.471 e. The molecular weight excluding hydrogens is 483 g/mol. The third-order valence-corrected chi connectivity index (χ3v) is 6.91. The van der Waals surface area contributed by atoms with Crippen LogP contribution in [-0.2, 0) is 4.79 Å². The van der Waals surface area contributed by atoms with E-state index < -0.39 is 17.9 Å². The van der Waals surface area contributed by atoms with E-state index in [-0.39, 0.29) is 10.6 Å². The topological polar surface area (TPSA) is 46.2 Å². The van der Waals surface area contributed by atoms with E-state index in [1.54, 1.807) is 48.5 Å². The van der Waals surface area contributed by atoms with Gasteiger partial charge in [0.25, 0.3) is 0 Å². The second-order valence-corrected chi connectivity index (χ2v) is 9.07. The Balaban J connectivity index is 1.81. The van der Waals surface area contributed by atoms with Crippen LogP contribution < -0.4 is 5.32 Å². The van der Waals surface area contributed by atoms with Gasteiger partial charge in [0.15, 0.2) is 5.78 Å². The monoisotopic (exact) mass is 501 g/mol. The van der Waals surface area contributed by atoms with Gasteiger partial charge in [0, 0.05) is 16.0 Å². The highest BCUT2D eigenvalue weighted by Gasteiger charge is 2.40. The van der Waals surface area contributed by atoms with Crippen LogP contribution >= 0.6 is 11.3 Å². The summed E-state index contributed by atoms with van der Waals surface area (Å²) in [6.07, 6.45) is -5.11. The van der Waals surface area contributed by atoms with Crippen LogP contribution in [0.4, 0.5) is 18.2 Å². The fraction of sp³-hybridized carbons (Fsp3) is 0.0345. The molecule has 5 rings (SSSR count). The molecule has 0 fully saturated rings. The number of thiophene rings is 1. The molecule has 0 aliphatic carbocycles. The second-order valence-electron chi connectivity index (χ2n) is 8.05. The summed E-state index contributed by atoms with van der Waals surface area (Å²) in [6, 6.07) is 30.6. The number of fused-ring (bicyclic) bond motifs is 1.